The largest absolute Gasteiger partial charge is 0.481 e. The fourth-order valence-electron chi connectivity index (χ4n) is 3.69. The van der Waals surface area contributed by atoms with Crippen molar-refractivity contribution in [2.75, 3.05) is 6.54 Å². The number of likely N-dealkylation sites (tertiary alicyclic amines) is 1. The highest BCUT2D eigenvalue weighted by atomic mass is 16.4. The van der Waals surface area contributed by atoms with Crippen molar-refractivity contribution in [1.82, 2.24) is 4.90 Å². The Morgan fingerprint density at radius 3 is 2.65 bits per heavy atom. The van der Waals surface area contributed by atoms with Gasteiger partial charge in [-0.1, -0.05) is 24.3 Å². The molecule has 23 heavy (non-hydrogen) atoms. The lowest BCUT2D eigenvalue weighted by Crippen LogP contribution is -2.49. The van der Waals surface area contributed by atoms with E-state index in [1.807, 2.05) is 25.1 Å². The van der Waals surface area contributed by atoms with E-state index in [1.165, 1.54) is 0 Å². The van der Waals surface area contributed by atoms with Gasteiger partial charge < -0.3 is 10.0 Å². The summed E-state index contributed by atoms with van der Waals surface area (Å²) in [5.41, 5.74) is 1.43. The second-order valence-corrected chi connectivity index (χ2v) is 6.55. The van der Waals surface area contributed by atoms with E-state index in [0.29, 0.717) is 31.2 Å². The number of benzene rings is 1. The molecular weight excluding hydrogens is 294 g/mol. The number of nitrogens with zero attached hydrogens (tertiary/aromatic N) is 1. The van der Waals surface area contributed by atoms with Crippen molar-refractivity contribution < 1.29 is 19.5 Å². The van der Waals surface area contributed by atoms with E-state index in [1.54, 1.807) is 11.0 Å². The lowest BCUT2D eigenvalue weighted by molar-refractivity contribution is -0.147. The Bertz CT molecular complexity index is 654. The van der Waals surface area contributed by atoms with Gasteiger partial charge in [0.05, 0.1) is 11.8 Å². The molecule has 3 unspecified atom stereocenters. The third kappa shape index (κ3) is 2.87. The molecule has 1 aliphatic carbocycles. The van der Waals surface area contributed by atoms with Crippen LogP contribution in [0.15, 0.2) is 24.3 Å². The Kier molecular flexibility index (Phi) is 4.20. The molecule has 2 aliphatic rings. The highest BCUT2D eigenvalue weighted by Crippen LogP contribution is 2.35. The minimum Gasteiger partial charge on any atom is -0.481 e. The van der Waals surface area contributed by atoms with E-state index in [9.17, 15) is 19.5 Å². The summed E-state index contributed by atoms with van der Waals surface area (Å²) in [6.45, 7) is 2.23. The maximum absolute atomic E-state index is 13.0. The zero-order valence-electron chi connectivity index (χ0n) is 13.2. The van der Waals surface area contributed by atoms with Gasteiger partial charge in [-0.2, -0.15) is 0 Å². The summed E-state index contributed by atoms with van der Waals surface area (Å²) in [5, 5.41) is 9.24. The summed E-state index contributed by atoms with van der Waals surface area (Å²) >= 11 is 0. The van der Waals surface area contributed by atoms with Crippen LogP contribution in [0.1, 0.15) is 54.4 Å². The van der Waals surface area contributed by atoms with E-state index in [-0.39, 0.29) is 30.2 Å². The first kappa shape index (κ1) is 15.7. The van der Waals surface area contributed by atoms with Crippen LogP contribution in [0.25, 0.3) is 0 Å². The summed E-state index contributed by atoms with van der Waals surface area (Å²) in [6.07, 6.45) is 2.20. The number of hydrogen-bond donors (Lipinski definition) is 1. The molecule has 1 heterocycles. The molecule has 1 aromatic carbocycles. The smallest absolute Gasteiger partial charge is 0.308 e. The molecule has 3 atom stereocenters. The van der Waals surface area contributed by atoms with Gasteiger partial charge in [0.1, 0.15) is 0 Å². The molecule has 122 valence electrons. The number of carbonyl (C=O) groups excluding carboxylic acids is 2. The summed E-state index contributed by atoms with van der Waals surface area (Å²) < 4.78 is 0. The van der Waals surface area contributed by atoms with E-state index < -0.39 is 11.9 Å². The van der Waals surface area contributed by atoms with E-state index in [4.69, 9.17) is 0 Å². The van der Waals surface area contributed by atoms with Crippen LogP contribution < -0.4 is 0 Å². The molecule has 5 heteroatoms. The molecule has 1 fully saturated rings. The number of carboxylic acids is 1. The van der Waals surface area contributed by atoms with Gasteiger partial charge in [-0.15, -0.1) is 0 Å². The van der Waals surface area contributed by atoms with Gasteiger partial charge in [-0.25, -0.2) is 0 Å². The third-order valence-corrected chi connectivity index (χ3v) is 5.11. The molecule has 1 aromatic rings. The highest BCUT2D eigenvalue weighted by molar-refractivity contribution is 6.01. The molecule has 1 amide bonds. The van der Waals surface area contributed by atoms with Crippen LogP contribution in [0.3, 0.4) is 0 Å². The SMILES string of the molecule is CC1CCC(C(=O)O)CN1C(=O)C1CCC(=O)c2ccccc21. The van der Waals surface area contributed by atoms with Crippen molar-refractivity contribution in [2.24, 2.45) is 5.92 Å². The van der Waals surface area contributed by atoms with Gasteiger partial charge >= 0.3 is 5.97 Å². The number of ketones is 1. The average molecular weight is 315 g/mol. The number of aliphatic carboxylic acids is 1. The lowest BCUT2D eigenvalue weighted by Gasteiger charge is -2.39. The monoisotopic (exact) mass is 315 g/mol. The first-order valence-electron chi connectivity index (χ1n) is 8.14. The van der Waals surface area contributed by atoms with Crippen molar-refractivity contribution >= 4 is 17.7 Å². The molecule has 5 nitrogen and oxygen atoms in total. The molecule has 1 saturated heterocycles. The van der Waals surface area contributed by atoms with Crippen molar-refractivity contribution in [3.05, 3.63) is 35.4 Å². The number of piperidine rings is 1. The summed E-state index contributed by atoms with van der Waals surface area (Å²) in [4.78, 5) is 38.0. The number of amides is 1. The van der Waals surface area contributed by atoms with E-state index in [2.05, 4.69) is 0 Å². The maximum Gasteiger partial charge on any atom is 0.308 e. The number of hydrogen-bond acceptors (Lipinski definition) is 3. The summed E-state index contributed by atoms with van der Waals surface area (Å²) in [6, 6.07) is 7.32. The molecule has 0 aromatic heterocycles. The second kappa shape index (κ2) is 6.14. The number of carbonyl (C=O) groups is 3. The Morgan fingerprint density at radius 2 is 1.91 bits per heavy atom. The summed E-state index contributed by atoms with van der Waals surface area (Å²) in [7, 11) is 0. The standard InChI is InChI=1S/C18H21NO4/c1-11-6-7-12(18(22)23)10-19(11)17(21)15-8-9-16(20)14-5-3-2-4-13(14)15/h2-5,11-12,15H,6-10H2,1H3,(H,22,23). The first-order chi connectivity index (χ1) is 11.0. The average Bonchev–Trinajstić information content (AvgIpc) is 2.55. The van der Waals surface area contributed by atoms with E-state index in [0.717, 1.165) is 5.56 Å². The Hall–Kier alpha value is -2.17. The zero-order valence-corrected chi connectivity index (χ0v) is 13.2. The molecule has 1 aliphatic heterocycles. The van der Waals surface area contributed by atoms with Gasteiger partial charge in [0.2, 0.25) is 5.91 Å². The molecule has 0 saturated carbocycles. The minimum atomic E-state index is -0.839. The molecule has 3 rings (SSSR count). The molecule has 1 N–H and O–H groups in total. The number of rotatable bonds is 2. The number of fused-ring (bicyclic) bond motifs is 1. The lowest BCUT2D eigenvalue weighted by atomic mass is 9.80. The Labute approximate surface area is 135 Å². The van der Waals surface area contributed by atoms with Crippen LogP contribution in [0.4, 0.5) is 0 Å². The number of carboxylic acid groups (broad SMARTS) is 1. The van der Waals surface area contributed by atoms with Gasteiger partial charge in [0, 0.05) is 24.6 Å². The highest BCUT2D eigenvalue weighted by Gasteiger charge is 2.38. The van der Waals surface area contributed by atoms with Crippen LogP contribution in [0.2, 0.25) is 0 Å². The number of Topliss-reactive ketones (excluding diaryl/α,β-unsaturated/α-hetero) is 1. The Morgan fingerprint density at radius 1 is 1.17 bits per heavy atom. The van der Waals surface area contributed by atoms with Gasteiger partial charge in [0.15, 0.2) is 5.78 Å². The molecular formula is C18H21NO4. The van der Waals surface area contributed by atoms with Crippen LogP contribution in [-0.4, -0.2) is 40.3 Å². The van der Waals surface area contributed by atoms with Crippen LogP contribution in [-0.2, 0) is 9.59 Å². The van der Waals surface area contributed by atoms with Crippen LogP contribution in [0, 0.1) is 5.92 Å². The fraction of sp³-hybridized carbons (Fsp3) is 0.500. The van der Waals surface area contributed by atoms with Crippen molar-refractivity contribution in [1.29, 1.82) is 0 Å². The van der Waals surface area contributed by atoms with Crippen LogP contribution >= 0.6 is 0 Å². The fourth-order valence-corrected chi connectivity index (χ4v) is 3.69. The molecule has 0 bridgehead atoms. The predicted octanol–water partition coefficient (Wildman–Crippen LogP) is 2.46. The van der Waals surface area contributed by atoms with Crippen molar-refractivity contribution in [3.8, 4) is 0 Å². The zero-order chi connectivity index (χ0) is 16.6. The Balaban J connectivity index is 1.87. The van der Waals surface area contributed by atoms with E-state index >= 15 is 0 Å². The molecule has 0 spiro atoms. The van der Waals surface area contributed by atoms with Crippen LogP contribution in [0.5, 0.6) is 0 Å². The first-order valence-corrected chi connectivity index (χ1v) is 8.14. The maximum atomic E-state index is 13.0. The van der Waals surface area contributed by atoms with Gasteiger partial charge in [-0.3, -0.25) is 14.4 Å². The van der Waals surface area contributed by atoms with Crippen molar-refractivity contribution in [3.63, 3.8) is 0 Å². The predicted molar refractivity (Wildman–Crippen MR) is 84.3 cm³/mol. The minimum absolute atomic E-state index is 0.0385. The van der Waals surface area contributed by atoms with Crippen molar-refractivity contribution in [2.45, 2.75) is 44.6 Å². The quantitative estimate of drug-likeness (QED) is 0.909. The second-order valence-electron chi connectivity index (χ2n) is 6.55. The van der Waals surface area contributed by atoms with Gasteiger partial charge in [-0.05, 0) is 31.7 Å². The topological polar surface area (TPSA) is 74.7 Å². The normalized spacial score (nSPS) is 27.4. The third-order valence-electron chi connectivity index (χ3n) is 5.11. The summed E-state index contributed by atoms with van der Waals surface area (Å²) in [5.74, 6) is -1.62. The molecule has 0 radical (unpaired) electrons. The van der Waals surface area contributed by atoms with Gasteiger partial charge in [0.25, 0.3) is 0 Å².